The van der Waals surface area contributed by atoms with Gasteiger partial charge in [-0.05, 0) is 24.1 Å². The Kier molecular flexibility index (Phi) is 4.58. The lowest BCUT2D eigenvalue weighted by atomic mass is 10.1. The van der Waals surface area contributed by atoms with Crippen LogP contribution in [0.3, 0.4) is 0 Å². The first kappa shape index (κ1) is 16.0. The molecule has 4 rings (SSSR count). The fraction of sp³-hybridized carbons (Fsp3) is 0.389. The molecule has 7 nitrogen and oxygen atoms in total. The smallest absolute Gasteiger partial charge is 0.114 e. The van der Waals surface area contributed by atoms with Gasteiger partial charge in [0.1, 0.15) is 6.10 Å². The summed E-state index contributed by atoms with van der Waals surface area (Å²) in [6.07, 6.45) is 8.73. The molecular weight excluding hydrogens is 316 g/mol. The van der Waals surface area contributed by atoms with Gasteiger partial charge in [-0.1, -0.05) is 6.07 Å². The van der Waals surface area contributed by atoms with E-state index in [0.29, 0.717) is 6.54 Å². The molecule has 0 saturated carbocycles. The highest BCUT2D eigenvalue weighted by atomic mass is 16.5. The Balaban J connectivity index is 1.40. The van der Waals surface area contributed by atoms with Gasteiger partial charge in [0.15, 0.2) is 0 Å². The Morgan fingerprint density at radius 2 is 2.28 bits per heavy atom. The lowest BCUT2D eigenvalue weighted by Crippen LogP contribution is -2.27. The van der Waals surface area contributed by atoms with Crippen molar-refractivity contribution in [2.45, 2.75) is 25.6 Å². The van der Waals surface area contributed by atoms with Crippen LogP contribution in [-0.2, 0) is 31.3 Å². The minimum Gasteiger partial charge on any atom is -0.370 e. The maximum atomic E-state index is 5.94. The van der Waals surface area contributed by atoms with Gasteiger partial charge in [-0.3, -0.25) is 14.3 Å². The SMILES string of the molecule is Cn1cc(CNCC2OCCc3cn(Cc4ccccn4)nc32)cn1. The lowest BCUT2D eigenvalue weighted by molar-refractivity contribution is 0.0393. The molecule has 0 aliphatic carbocycles. The van der Waals surface area contributed by atoms with E-state index in [1.54, 1.807) is 0 Å². The summed E-state index contributed by atoms with van der Waals surface area (Å²) >= 11 is 0. The van der Waals surface area contributed by atoms with Crippen LogP contribution in [0.4, 0.5) is 0 Å². The Morgan fingerprint density at radius 3 is 3.08 bits per heavy atom. The van der Waals surface area contributed by atoms with Gasteiger partial charge in [0, 0.05) is 44.3 Å². The zero-order valence-electron chi connectivity index (χ0n) is 14.3. The molecule has 0 aromatic carbocycles. The van der Waals surface area contributed by atoms with E-state index in [1.165, 1.54) is 11.1 Å². The van der Waals surface area contributed by atoms with E-state index in [4.69, 9.17) is 9.84 Å². The van der Waals surface area contributed by atoms with Gasteiger partial charge in [0.05, 0.1) is 30.7 Å². The van der Waals surface area contributed by atoms with Gasteiger partial charge in [-0.15, -0.1) is 0 Å². The second-order valence-electron chi connectivity index (χ2n) is 6.32. The quantitative estimate of drug-likeness (QED) is 0.737. The average Bonchev–Trinajstić information content (AvgIpc) is 3.22. The second kappa shape index (κ2) is 7.16. The summed E-state index contributed by atoms with van der Waals surface area (Å²) in [6, 6.07) is 5.94. The lowest BCUT2D eigenvalue weighted by Gasteiger charge is -2.22. The van der Waals surface area contributed by atoms with Crippen LogP contribution < -0.4 is 5.32 Å². The summed E-state index contributed by atoms with van der Waals surface area (Å²) in [7, 11) is 1.92. The van der Waals surface area contributed by atoms with Crippen LogP contribution in [-0.4, -0.2) is 37.7 Å². The van der Waals surface area contributed by atoms with Crippen LogP contribution in [0.5, 0.6) is 0 Å². The van der Waals surface area contributed by atoms with E-state index in [9.17, 15) is 0 Å². The maximum Gasteiger partial charge on any atom is 0.114 e. The molecule has 0 saturated heterocycles. The third kappa shape index (κ3) is 3.78. The molecule has 3 aromatic heterocycles. The van der Waals surface area contributed by atoms with Crippen molar-refractivity contribution in [2.75, 3.05) is 13.2 Å². The van der Waals surface area contributed by atoms with Gasteiger partial charge in [0.2, 0.25) is 0 Å². The number of pyridine rings is 1. The summed E-state index contributed by atoms with van der Waals surface area (Å²) in [4.78, 5) is 4.37. The third-order valence-electron chi connectivity index (χ3n) is 4.33. The summed E-state index contributed by atoms with van der Waals surface area (Å²) in [6.45, 7) is 2.94. The highest BCUT2D eigenvalue weighted by molar-refractivity contribution is 5.23. The fourth-order valence-electron chi connectivity index (χ4n) is 3.14. The van der Waals surface area contributed by atoms with Crippen molar-refractivity contribution in [3.8, 4) is 0 Å². The molecule has 0 bridgehead atoms. The highest BCUT2D eigenvalue weighted by Crippen LogP contribution is 2.25. The Bertz CT molecular complexity index is 825. The molecular formula is C18H22N6O. The van der Waals surface area contributed by atoms with Crippen LogP contribution in [0.2, 0.25) is 0 Å². The van der Waals surface area contributed by atoms with Crippen LogP contribution in [0, 0.1) is 0 Å². The first-order valence-corrected chi connectivity index (χ1v) is 8.54. The summed E-state index contributed by atoms with van der Waals surface area (Å²) in [5.74, 6) is 0. The van der Waals surface area contributed by atoms with Gasteiger partial charge in [-0.25, -0.2) is 0 Å². The Morgan fingerprint density at radius 1 is 1.32 bits per heavy atom. The number of aromatic nitrogens is 5. The summed E-state index contributed by atoms with van der Waals surface area (Å²) in [5.41, 5.74) is 4.49. The van der Waals surface area contributed by atoms with Gasteiger partial charge >= 0.3 is 0 Å². The van der Waals surface area contributed by atoms with E-state index >= 15 is 0 Å². The molecule has 1 aliphatic rings. The summed E-state index contributed by atoms with van der Waals surface area (Å²) < 4.78 is 9.72. The fourth-order valence-corrected chi connectivity index (χ4v) is 3.14. The molecule has 0 radical (unpaired) electrons. The third-order valence-corrected chi connectivity index (χ3v) is 4.33. The molecule has 0 amide bonds. The maximum absolute atomic E-state index is 5.94. The predicted octanol–water partition coefficient (Wildman–Crippen LogP) is 1.46. The van der Waals surface area contributed by atoms with Crippen LogP contribution in [0.1, 0.15) is 28.6 Å². The first-order valence-electron chi connectivity index (χ1n) is 8.54. The molecule has 1 aliphatic heterocycles. The van der Waals surface area contributed by atoms with Gasteiger partial charge in [-0.2, -0.15) is 10.2 Å². The van der Waals surface area contributed by atoms with Crippen LogP contribution >= 0.6 is 0 Å². The van der Waals surface area contributed by atoms with Crippen LogP contribution in [0.25, 0.3) is 0 Å². The van der Waals surface area contributed by atoms with E-state index in [-0.39, 0.29) is 6.10 Å². The second-order valence-corrected chi connectivity index (χ2v) is 6.32. The summed E-state index contributed by atoms with van der Waals surface area (Å²) in [5, 5.41) is 12.4. The number of fused-ring (bicyclic) bond motifs is 1. The number of rotatable bonds is 6. The molecule has 25 heavy (non-hydrogen) atoms. The van der Waals surface area contributed by atoms with E-state index in [2.05, 4.69) is 21.6 Å². The topological polar surface area (TPSA) is 69.8 Å². The molecule has 130 valence electrons. The number of hydrogen-bond acceptors (Lipinski definition) is 5. The number of aryl methyl sites for hydroxylation is 1. The molecule has 4 heterocycles. The minimum atomic E-state index is -0.00889. The van der Waals surface area contributed by atoms with Crippen molar-refractivity contribution < 1.29 is 4.74 Å². The van der Waals surface area contributed by atoms with E-state index in [1.807, 2.05) is 53.2 Å². The average molecular weight is 338 g/mol. The number of hydrogen-bond donors (Lipinski definition) is 1. The van der Waals surface area contributed by atoms with Crippen molar-refractivity contribution in [2.24, 2.45) is 7.05 Å². The molecule has 1 N–H and O–H groups in total. The Labute approximate surface area is 146 Å². The van der Waals surface area contributed by atoms with Crippen molar-refractivity contribution in [3.63, 3.8) is 0 Å². The van der Waals surface area contributed by atoms with E-state index < -0.39 is 0 Å². The largest absolute Gasteiger partial charge is 0.370 e. The molecule has 1 atom stereocenters. The molecule has 1 unspecified atom stereocenters. The molecule has 7 heteroatoms. The zero-order chi connectivity index (χ0) is 17.1. The standard InChI is InChI=1S/C18H22N6O/c1-23-11-14(9-21-23)8-19-10-17-18-15(5-7-25-17)12-24(22-18)13-16-4-2-3-6-20-16/h2-4,6,9,11-12,17,19H,5,7-8,10,13H2,1H3. The van der Waals surface area contributed by atoms with Crippen LogP contribution in [0.15, 0.2) is 43.0 Å². The van der Waals surface area contributed by atoms with Crippen molar-refractivity contribution in [1.82, 2.24) is 29.9 Å². The number of ether oxygens (including phenoxy) is 1. The zero-order valence-corrected chi connectivity index (χ0v) is 14.3. The first-order chi connectivity index (χ1) is 12.3. The predicted molar refractivity (Wildman–Crippen MR) is 92.9 cm³/mol. The van der Waals surface area contributed by atoms with Crippen molar-refractivity contribution in [3.05, 3.63) is 65.5 Å². The number of nitrogens with zero attached hydrogens (tertiary/aromatic N) is 5. The van der Waals surface area contributed by atoms with Crippen molar-refractivity contribution >= 4 is 0 Å². The normalized spacial score (nSPS) is 16.8. The van der Waals surface area contributed by atoms with E-state index in [0.717, 1.165) is 37.5 Å². The Hall–Kier alpha value is -2.51. The van der Waals surface area contributed by atoms with Gasteiger partial charge in [0.25, 0.3) is 0 Å². The molecule has 3 aromatic rings. The monoisotopic (exact) mass is 338 g/mol. The minimum absolute atomic E-state index is 0.00889. The highest BCUT2D eigenvalue weighted by Gasteiger charge is 2.24. The van der Waals surface area contributed by atoms with Crippen molar-refractivity contribution in [1.29, 1.82) is 0 Å². The van der Waals surface area contributed by atoms with Gasteiger partial charge < -0.3 is 10.1 Å². The molecule has 0 spiro atoms. The number of nitrogens with one attached hydrogen (secondary N) is 1. The molecule has 0 fully saturated rings.